The Bertz CT molecular complexity index is 400. The van der Waals surface area contributed by atoms with Crippen molar-refractivity contribution in [1.29, 1.82) is 0 Å². The fourth-order valence-electron chi connectivity index (χ4n) is 1.78. The molecule has 0 aliphatic carbocycles. The van der Waals surface area contributed by atoms with Gasteiger partial charge in [-0.25, -0.2) is 4.79 Å². The number of rotatable bonds is 24. The van der Waals surface area contributed by atoms with E-state index in [0.717, 1.165) is 0 Å². The third kappa shape index (κ3) is 24.7. The number of esters is 1. The number of methoxy groups -OCH3 is 1. The smallest absolute Gasteiger partial charge is 0.331 e. The van der Waals surface area contributed by atoms with E-state index >= 15 is 0 Å². The summed E-state index contributed by atoms with van der Waals surface area (Å²) in [6.45, 7) is 6.89. The molecule has 0 amide bonds. The summed E-state index contributed by atoms with van der Waals surface area (Å²) in [7, 11) is 1.31. The minimum Gasteiger partial charge on any atom is -0.467 e. The number of hydrogen-bond acceptors (Lipinski definition) is 10. The van der Waals surface area contributed by atoms with Gasteiger partial charge in [0, 0.05) is 0 Å². The molecule has 0 spiro atoms. The van der Waals surface area contributed by atoms with Crippen LogP contribution in [0.5, 0.6) is 0 Å². The average molecular weight is 436 g/mol. The summed E-state index contributed by atoms with van der Waals surface area (Å²) in [5, 5.41) is 0. The maximum Gasteiger partial charge on any atom is 0.331 e. The zero-order valence-corrected chi connectivity index (χ0v) is 18.0. The minimum atomic E-state index is -0.405. The lowest BCUT2D eigenvalue weighted by Crippen LogP contribution is -2.16. The van der Waals surface area contributed by atoms with Gasteiger partial charge in [-0.2, -0.15) is 0 Å². The summed E-state index contributed by atoms with van der Waals surface area (Å²) in [5.41, 5.74) is 0. The van der Waals surface area contributed by atoms with E-state index in [4.69, 9.17) is 44.3 Å². The van der Waals surface area contributed by atoms with Crippen LogP contribution in [0.15, 0.2) is 0 Å². The van der Waals surface area contributed by atoms with Crippen LogP contribution >= 0.6 is 0 Å². The lowest BCUT2D eigenvalue weighted by Gasteiger charge is -2.08. The Balaban J connectivity index is 3.02. The van der Waals surface area contributed by atoms with E-state index in [0.29, 0.717) is 99.1 Å². The van der Waals surface area contributed by atoms with Gasteiger partial charge in [0.25, 0.3) is 0 Å². The van der Waals surface area contributed by atoms with Crippen molar-refractivity contribution in [3.63, 3.8) is 0 Å². The third-order valence-corrected chi connectivity index (χ3v) is 3.24. The van der Waals surface area contributed by atoms with Crippen LogP contribution in [-0.4, -0.2) is 119 Å². The molecule has 0 aromatic rings. The third-order valence-electron chi connectivity index (χ3n) is 3.24. The molecule has 0 heterocycles. The second-order valence-electron chi connectivity index (χ2n) is 5.56. The summed E-state index contributed by atoms with van der Waals surface area (Å²) in [4.78, 5) is 10.8. The molecule has 0 N–H and O–H groups in total. The Hall–Kier alpha value is -1.29. The van der Waals surface area contributed by atoms with Crippen LogP contribution in [0, 0.1) is 12.3 Å². The Morgan fingerprint density at radius 3 is 1.17 bits per heavy atom. The van der Waals surface area contributed by atoms with Gasteiger partial charge in [0.05, 0.1) is 99.6 Å². The van der Waals surface area contributed by atoms with Gasteiger partial charge in [0.15, 0.2) is 0 Å². The number of carbonyl (C=O) groups excluding carboxylic acids is 1. The predicted octanol–water partition coefficient (Wildman–Crippen LogP) is -0.0746. The highest BCUT2D eigenvalue weighted by molar-refractivity contribution is 5.70. The molecule has 0 rings (SSSR count). The first-order valence-corrected chi connectivity index (χ1v) is 9.93. The van der Waals surface area contributed by atoms with Crippen molar-refractivity contribution in [2.75, 3.05) is 113 Å². The van der Waals surface area contributed by atoms with Gasteiger partial charge in [-0.3, -0.25) is 0 Å². The highest BCUT2D eigenvalue weighted by Gasteiger charge is 1.99. The highest BCUT2D eigenvalue weighted by Crippen LogP contribution is 1.86. The second kappa shape index (κ2) is 25.7. The van der Waals surface area contributed by atoms with E-state index in [1.165, 1.54) is 7.11 Å². The quantitative estimate of drug-likeness (QED) is 0.116. The zero-order valence-electron chi connectivity index (χ0n) is 18.0. The summed E-state index contributed by atoms with van der Waals surface area (Å²) >= 11 is 0. The van der Waals surface area contributed by atoms with Gasteiger partial charge >= 0.3 is 5.97 Å². The molecule has 0 aliphatic rings. The van der Waals surface area contributed by atoms with E-state index in [1.54, 1.807) is 0 Å². The molecular weight excluding hydrogens is 400 g/mol. The summed E-state index contributed by atoms with van der Waals surface area (Å²) < 4.78 is 46.6. The van der Waals surface area contributed by atoms with Crippen molar-refractivity contribution in [1.82, 2.24) is 0 Å². The molecule has 0 fully saturated rings. The molecule has 176 valence electrons. The van der Waals surface area contributed by atoms with Gasteiger partial charge in [0.1, 0.15) is 13.2 Å². The maximum atomic E-state index is 10.8. The number of hydrogen-bond donors (Lipinski definition) is 0. The van der Waals surface area contributed by atoms with E-state index in [9.17, 15) is 4.79 Å². The van der Waals surface area contributed by atoms with Crippen LogP contribution in [-0.2, 0) is 47.4 Å². The molecule has 0 aromatic heterocycles. The van der Waals surface area contributed by atoms with Crippen LogP contribution in [0.25, 0.3) is 0 Å². The lowest BCUT2D eigenvalue weighted by atomic mass is 10.6. The molecule has 0 aliphatic heterocycles. The minimum absolute atomic E-state index is 0.0652. The molecule has 0 aromatic carbocycles. The first kappa shape index (κ1) is 28.7. The van der Waals surface area contributed by atoms with Crippen molar-refractivity contribution in [3.05, 3.63) is 0 Å². The van der Waals surface area contributed by atoms with Crippen LogP contribution < -0.4 is 0 Å². The van der Waals surface area contributed by atoms with E-state index < -0.39 is 5.97 Å². The standard InChI is InChI=1S/C20H36O10/c1-3-4-23-5-6-24-7-8-25-9-10-26-11-12-27-13-14-28-15-16-29-17-18-30-19-20(21)22-2/h1H,4-19H2,2H3. The van der Waals surface area contributed by atoms with Crippen LogP contribution in [0.4, 0.5) is 0 Å². The van der Waals surface area contributed by atoms with Gasteiger partial charge in [-0.05, 0) is 0 Å². The number of terminal acetylenes is 1. The van der Waals surface area contributed by atoms with E-state index in [-0.39, 0.29) is 6.61 Å². The Kier molecular flexibility index (Phi) is 24.6. The van der Waals surface area contributed by atoms with Gasteiger partial charge in [-0.15, -0.1) is 6.42 Å². The van der Waals surface area contributed by atoms with E-state index in [1.807, 2.05) is 0 Å². The lowest BCUT2D eigenvalue weighted by molar-refractivity contribution is -0.146. The molecule has 10 heteroatoms. The first-order chi connectivity index (χ1) is 14.8. The Labute approximate surface area is 179 Å². The zero-order chi connectivity index (χ0) is 22.0. The maximum absolute atomic E-state index is 10.8. The van der Waals surface area contributed by atoms with Crippen LogP contribution in [0.3, 0.4) is 0 Å². The van der Waals surface area contributed by atoms with E-state index in [2.05, 4.69) is 10.7 Å². The summed E-state index contributed by atoms with van der Waals surface area (Å²) in [6, 6.07) is 0. The van der Waals surface area contributed by atoms with Gasteiger partial charge < -0.3 is 42.6 Å². The monoisotopic (exact) mass is 436 g/mol. The first-order valence-electron chi connectivity index (χ1n) is 9.93. The Morgan fingerprint density at radius 2 is 0.867 bits per heavy atom. The largest absolute Gasteiger partial charge is 0.467 e. The Morgan fingerprint density at radius 1 is 0.567 bits per heavy atom. The molecule has 0 saturated heterocycles. The van der Waals surface area contributed by atoms with Crippen molar-refractivity contribution < 1.29 is 47.4 Å². The predicted molar refractivity (Wildman–Crippen MR) is 107 cm³/mol. The molecule has 30 heavy (non-hydrogen) atoms. The SMILES string of the molecule is C#CCOCCOCCOCCOCCOCCOCCOCCOCC(=O)OC. The van der Waals surface area contributed by atoms with Gasteiger partial charge in [0.2, 0.25) is 0 Å². The summed E-state index contributed by atoms with van der Waals surface area (Å²) in [5.74, 6) is 1.98. The second-order valence-corrected chi connectivity index (χ2v) is 5.56. The number of ether oxygens (including phenoxy) is 9. The summed E-state index contributed by atoms with van der Waals surface area (Å²) in [6.07, 6.45) is 5.05. The fraction of sp³-hybridized carbons (Fsp3) is 0.850. The number of carbonyl (C=O) groups is 1. The van der Waals surface area contributed by atoms with Gasteiger partial charge in [-0.1, -0.05) is 5.92 Å². The van der Waals surface area contributed by atoms with Crippen LogP contribution in [0.2, 0.25) is 0 Å². The van der Waals surface area contributed by atoms with Crippen LogP contribution in [0.1, 0.15) is 0 Å². The molecule has 0 unspecified atom stereocenters. The van der Waals surface area contributed by atoms with Crippen molar-refractivity contribution in [2.24, 2.45) is 0 Å². The highest BCUT2D eigenvalue weighted by atomic mass is 16.6. The fourth-order valence-corrected chi connectivity index (χ4v) is 1.78. The molecular formula is C20H36O10. The van der Waals surface area contributed by atoms with Crippen molar-refractivity contribution in [3.8, 4) is 12.3 Å². The molecule has 0 saturated carbocycles. The topological polar surface area (TPSA) is 100 Å². The average Bonchev–Trinajstić information content (AvgIpc) is 2.76. The molecule has 10 nitrogen and oxygen atoms in total. The van der Waals surface area contributed by atoms with Crippen molar-refractivity contribution in [2.45, 2.75) is 0 Å². The van der Waals surface area contributed by atoms with Crippen molar-refractivity contribution >= 4 is 5.97 Å². The molecule has 0 atom stereocenters. The molecule has 0 bridgehead atoms. The molecule has 0 radical (unpaired) electrons. The normalized spacial score (nSPS) is 10.8.